The third-order valence-corrected chi connectivity index (χ3v) is 10.9. The van der Waals surface area contributed by atoms with Crippen molar-refractivity contribution in [3.05, 3.63) is 99.8 Å². The van der Waals surface area contributed by atoms with Crippen LogP contribution in [0, 0.1) is 13.8 Å². The van der Waals surface area contributed by atoms with E-state index in [0.29, 0.717) is 44.1 Å². The minimum absolute atomic E-state index is 0.119. The van der Waals surface area contributed by atoms with Crippen LogP contribution >= 0.6 is 22.7 Å². The van der Waals surface area contributed by atoms with E-state index >= 15 is 0 Å². The Hall–Kier alpha value is -4.22. The molecule has 9 nitrogen and oxygen atoms in total. The van der Waals surface area contributed by atoms with E-state index in [-0.39, 0.29) is 24.2 Å². The number of thiophene rings is 1. The quantitative estimate of drug-likeness (QED) is 0.197. The van der Waals surface area contributed by atoms with Gasteiger partial charge in [0, 0.05) is 21.8 Å². The SMILES string of the molecule is CCOC(=O)C1=C(C)N=c2s/c(=C/c3cc(C)n(-c4sc5c(c4C(=O)OCC)CCCC5)c3C)c(=O)n2[C@@H]1c1ccccc1OC(C)C. The average molecular weight is 688 g/mol. The summed E-state index contributed by atoms with van der Waals surface area (Å²) in [5.74, 6) is -0.219. The number of allylic oxidation sites excluding steroid dienone is 1. The zero-order chi connectivity index (χ0) is 34.3. The fraction of sp³-hybridized carbons (Fsp3) is 0.405. The first kappa shape index (κ1) is 33.7. The van der Waals surface area contributed by atoms with Gasteiger partial charge in [0.2, 0.25) is 0 Å². The number of thiazole rings is 1. The second-order valence-electron chi connectivity index (χ2n) is 12.3. The maximum atomic E-state index is 14.4. The van der Waals surface area contributed by atoms with Crippen molar-refractivity contribution >= 4 is 40.7 Å². The summed E-state index contributed by atoms with van der Waals surface area (Å²) in [6.07, 6.45) is 5.75. The van der Waals surface area contributed by atoms with Gasteiger partial charge in [0.25, 0.3) is 5.56 Å². The molecule has 11 heteroatoms. The van der Waals surface area contributed by atoms with Gasteiger partial charge in [-0.15, -0.1) is 11.3 Å². The second kappa shape index (κ2) is 13.7. The standard InChI is InChI=1S/C37H41N3O6S2/c1-8-44-35(42)30-22(6)38-37-40(32(30)25-14-10-12-16-27(25)46-20(3)4)33(41)29(48-37)19-24-18-21(5)39(23(24)7)34-31(36(43)45-9-2)26-15-11-13-17-28(26)47-34/h10,12,14,16,18-20,32H,8-9,11,13,15,17H2,1-7H3/b29-19+/t32-/m1/s1. The molecule has 1 aromatic carbocycles. The van der Waals surface area contributed by atoms with Crippen molar-refractivity contribution in [2.45, 2.75) is 86.3 Å². The lowest BCUT2D eigenvalue weighted by atomic mass is 9.95. The Kier molecular flexibility index (Phi) is 9.62. The number of aryl methyl sites for hydroxylation is 2. The molecule has 252 valence electrons. The van der Waals surface area contributed by atoms with E-state index in [1.807, 2.05) is 71.0 Å². The Morgan fingerprint density at radius 3 is 2.46 bits per heavy atom. The van der Waals surface area contributed by atoms with E-state index in [9.17, 15) is 14.4 Å². The van der Waals surface area contributed by atoms with Crippen LogP contribution < -0.4 is 19.6 Å². The number of rotatable bonds is 9. The van der Waals surface area contributed by atoms with Gasteiger partial charge in [-0.25, -0.2) is 14.6 Å². The number of nitrogens with zero attached hydrogens (tertiary/aromatic N) is 3. The summed E-state index contributed by atoms with van der Waals surface area (Å²) in [5.41, 5.74) is 5.72. The van der Waals surface area contributed by atoms with Gasteiger partial charge >= 0.3 is 11.9 Å². The van der Waals surface area contributed by atoms with Gasteiger partial charge < -0.3 is 18.8 Å². The lowest BCUT2D eigenvalue weighted by Crippen LogP contribution is -2.40. The molecule has 1 aliphatic carbocycles. The van der Waals surface area contributed by atoms with Crippen LogP contribution in [0.2, 0.25) is 0 Å². The minimum Gasteiger partial charge on any atom is -0.491 e. The van der Waals surface area contributed by atoms with Gasteiger partial charge in [-0.2, -0.15) is 0 Å². The number of benzene rings is 1. The van der Waals surface area contributed by atoms with Crippen molar-refractivity contribution in [3.63, 3.8) is 0 Å². The number of fused-ring (bicyclic) bond motifs is 2. The molecule has 3 aromatic heterocycles. The van der Waals surface area contributed by atoms with Crippen molar-refractivity contribution < 1.29 is 23.8 Å². The molecule has 0 N–H and O–H groups in total. The van der Waals surface area contributed by atoms with Gasteiger partial charge in [-0.1, -0.05) is 29.5 Å². The Labute approximate surface area is 287 Å². The van der Waals surface area contributed by atoms with E-state index in [1.54, 1.807) is 29.8 Å². The molecule has 0 fully saturated rings. The molecule has 48 heavy (non-hydrogen) atoms. The zero-order valence-corrected chi connectivity index (χ0v) is 30.1. The van der Waals surface area contributed by atoms with E-state index in [4.69, 9.17) is 19.2 Å². The lowest BCUT2D eigenvalue weighted by Gasteiger charge is -2.26. The van der Waals surface area contributed by atoms with Crippen molar-refractivity contribution in [1.29, 1.82) is 0 Å². The number of ether oxygens (including phenoxy) is 3. The van der Waals surface area contributed by atoms with Crippen molar-refractivity contribution in [2.24, 2.45) is 4.99 Å². The van der Waals surface area contributed by atoms with Crippen LogP contribution in [0.5, 0.6) is 5.75 Å². The molecule has 6 rings (SSSR count). The molecule has 2 aliphatic rings. The van der Waals surface area contributed by atoms with Crippen LogP contribution in [0.15, 0.2) is 51.4 Å². The smallest absolute Gasteiger partial charge is 0.341 e. The van der Waals surface area contributed by atoms with Gasteiger partial charge in [-0.05, 0) is 103 Å². The number of aromatic nitrogens is 2. The summed E-state index contributed by atoms with van der Waals surface area (Å²) in [6, 6.07) is 8.74. The number of carbonyl (C=O) groups excluding carboxylic acids is 2. The van der Waals surface area contributed by atoms with Crippen LogP contribution in [-0.4, -0.2) is 40.4 Å². The van der Waals surface area contributed by atoms with Crippen molar-refractivity contribution in [2.75, 3.05) is 13.2 Å². The Bertz CT molecular complexity index is 2130. The second-order valence-corrected chi connectivity index (χ2v) is 14.4. The number of hydrogen-bond acceptors (Lipinski definition) is 9. The molecule has 1 atom stereocenters. The molecule has 0 saturated heterocycles. The topological polar surface area (TPSA) is 101 Å². The van der Waals surface area contributed by atoms with Gasteiger partial charge in [-0.3, -0.25) is 9.36 Å². The fourth-order valence-electron chi connectivity index (χ4n) is 6.66. The van der Waals surface area contributed by atoms with E-state index < -0.39 is 12.0 Å². The summed E-state index contributed by atoms with van der Waals surface area (Å²) in [5, 5.41) is 0.868. The maximum Gasteiger partial charge on any atom is 0.341 e. The highest BCUT2D eigenvalue weighted by molar-refractivity contribution is 7.15. The summed E-state index contributed by atoms with van der Waals surface area (Å²) < 4.78 is 21.4. The first-order valence-corrected chi connectivity index (χ1v) is 18.1. The monoisotopic (exact) mass is 687 g/mol. The maximum absolute atomic E-state index is 14.4. The first-order valence-electron chi connectivity index (χ1n) is 16.5. The van der Waals surface area contributed by atoms with Crippen LogP contribution in [0.1, 0.15) is 96.8 Å². The number of esters is 2. The van der Waals surface area contributed by atoms with Crippen molar-refractivity contribution in [3.8, 4) is 10.8 Å². The molecular weight excluding hydrogens is 647 g/mol. The zero-order valence-electron chi connectivity index (χ0n) is 28.5. The number of para-hydroxylation sites is 1. The predicted molar refractivity (Wildman–Crippen MR) is 188 cm³/mol. The number of carbonyl (C=O) groups is 2. The van der Waals surface area contributed by atoms with Gasteiger partial charge in [0.1, 0.15) is 16.8 Å². The molecule has 4 heterocycles. The minimum atomic E-state index is -0.783. The fourth-order valence-corrected chi connectivity index (χ4v) is 9.19. The Balaban J connectivity index is 1.52. The molecule has 0 amide bonds. The third-order valence-electron chi connectivity index (χ3n) is 8.69. The van der Waals surface area contributed by atoms with E-state index in [1.165, 1.54) is 16.2 Å². The molecule has 0 radical (unpaired) electrons. The summed E-state index contributed by atoms with van der Waals surface area (Å²) in [4.78, 5) is 47.6. The average Bonchev–Trinajstić information content (AvgIpc) is 3.66. The molecule has 0 saturated carbocycles. The normalized spacial score (nSPS) is 16.1. The largest absolute Gasteiger partial charge is 0.491 e. The summed E-state index contributed by atoms with van der Waals surface area (Å²) in [7, 11) is 0. The molecule has 0 unspecified atom stereocenters. The number of hydrogen-bond donors (Lipinski definition) is 0. The Morgan fingerprint density at radius 1 is 1.02 bits per heavy atom. The lowest BCUT2D eigenvalue weighted by molar-refractivity contribution is -0.139. The van der Waals surface area contributed by atoms with Crippen molar-refractivity contribution in [1.82, 2.24) is 9.13 Å². The van der Waals surface area contributed by atoms with Crippen LogP contribution in [0.3, 0.4) is 0 Å². The summed E-state index contributed by atoms with van der Waals surface area (Å²) in [6.45, 7) is 13.8. The third kappa shape index (κ3) is 5.98. The predicted octanol–water partition coefficient (Wildman–Crippen LogP) is 6.11. The van der Waals surface area contributed by atoms with Crippen LogP contribution in [0.4, 0.5) is 0 Å². The first-order chi connectivity index (χ1) is 23.0. The molecular formula is C37H41N3O6S2. The highest BCUT2D eigenvalue weighted by Crippen LogP contribution is 2.40. The van der Waals surface area contributed by atoms with Crippen LogP contribution in [-0.2, 0) is 27.1 Å². The van der Waals surface area contributed by atoms with Gasteiger partial charge in [0.15, 0.2) is 4.80 Å². The van der Waals surface area contributed by atoms with Gasteiger partial charge in [0.05, 0.1) is 40.7 Å². The molecule has 1 aliphatic heterocycles. The van der Waals surface area contributed by atoms with E-state index in [0.717, 1.165) is 53.2 Å². The Morgan fingerprint density at radius 2 is 1.73 bits per heavy atom. The van der Waals surface area contributed by atoms with Crippen LogP contribution in [0.25, 0.3) is 11.1 Å². The summed E-state index contributed by atoms with van der Waals surface area (Å²) >= 11 is 2.94. The molecule has 0 bridgehead atoms. The highest BCUT2D eigenvalue weighted by atomic mass is 32.1. The van der Waals surface area contributed by atoms with E-state index in [2.05, 4.69) is 4.57 Å². The highest BCUT2D eigenvalue weighted by Gasteiger charge is 2.35. The molecule has 4 aromatic rings. The molecule has 0 spiro atoms.